The van der Waals surface area contributed by atoms with Gasteiger partial charge >= 0.3 is 0 Å². The van der Waals surface area contributed by atoms with Crippen molar-refractivity contribution in [2.75, 3.05) is 38.4 Å². The molecule has 1 aliphatic rings. The van der Waals surface area contributed by atoms with Crippen LogP contribution < -0.4 is 20.7 Å². The quantitative estimate of drug-likeness (QED) is 0.489. The van der Waals surface area contributed by atoms with E-state index in [2.05, 4.69) is 25.9 Å². The zero-order valence-electron chi connectivity index (χ0n) is 19.1. The number of carbonyl (C=O) groups is 2. The Balaban J connectivity index is 1.65. The lowest BCUT2D eigenvalue weighted by molar-refractivity contribution is 0.0799. The minimum Gasteiger partial charge on any atom is -0.495 e. The summed E-state index contributed by atoms with van der Waals surface area (Å²) in [5, 5.41) is 9.19. The third-order valence-electron chi connectivity index (χ3n) is 5.58. The van der Waals surface area contributed by atoms with Crippen molar-refractivity contribution in [2.45, 2.75) is 12.8 Å². The normalized spacial score (nSPS) is 13.1. The molecule has 1 aromatic heterocycles. The lowest BCUT2D eigenvalue weighted by Gasteiger charge is -2.17. The molecule has 0 aliphatic carbocycles. The van der Waals surface area contributed by atoms with Crippen LogP contribution in [-0.2, 0) is 6.42 Å². The predicted octanol–water partition coefficient (Wildman–Crippen LogP) is 4.00. The first-order chi connectivity index (χ1) is 16.4. The molecule has 176 valence electrons. The van der Waals surface area contributed by atoms with Crippen LogP contribution in [0.5, 0.6) is 5.75 Å². The van der Waals surface area contributed by atoms with Gasteiger partial charge in [0.15, 0.2) is 5.82 Å². The van der Waals surface area contributed by atoms with E-state index in [1.807, 2.05) is 12.1 Å². The second-order valence-electron chi connectivity index (χ2n) is 7.80. The number of nitrogens with zero attached hydrogens (tertiary/aromatic N) is 3. The molecular weight excluding hydrogens is 456 g/mol. The number of para-hydroxylation sites is 1. The zero-order chi connectivity index (χ0) is 24.2. The fraction of sp³-hybridized carbons (Fsp3) is 0.250. The molecule has 10 heteroatoms. The number of nitrogens with one attached hydrogen (secondary N) is 3. The smallest absolute Gasteiger partial charge is 0.254 e. The van der Waals surface area contributed by atoms with Gasteiger partial charge in [-0.2, -0.15) is 4.98 Å². The number of aryl methyl sites for hydroxylation is 1. The zero-order valence-corrected chi connectivity index (χ0v) is 19.9. The van der Waals surface area contributed by atoms with Crippen LogP contribution in [0.3, 0.4) is 0 Å². The summed E-state index contributed by atoms with van der Waals surface area (Å²) in [6, 6.07) is 10.7. The first-order valence-corrected chi connectivity index (χ1v) is 11.1. The number of amides is 2. The summed E-state index contributed by atoms with van der Waals surface area (Å²) >= 11 is 6.33. The molecule has 0 atom stereocenters. The molecule has 3 aromatic rings. The van der Waals surface area contributed by atoms with E-state index in [0.29, 0.717) is 45.6 Å². The van der Waals surface area contributed by atoms with Gasteiger partial charge in [-0.25, -0.2) is 4.98 Å². The van der Waals surface area contributed by atoms with E-state index in [0.717, 1.165) is 18.4 Å². The highest BCUT2D eigenvalue weighted by atomic mass is 35.5. The van der Waals surface area contributed by atoms with Gasteiger partial charge in [-0.15, -0.1) is 0 Å². The van der Waals surface area contributed by atoms with Gasteiger partial charge < -0.3 is 25.6 Å². The highest BCUT2D eigenvalue weighted by Crippen LogP contribution is 2.34. The summed E-state index contributed by atoms with van der Waals surface area (Å²) in [7, 11) is 4.91. The number of carbonyl (C=O) groups excluding carboxylic acids is 2. The van der Waals surface area contributed by atoms with E-state index in [9.17, 15) is 9.59 Å². The van der Waals surface area contributed by atoms with Gasteiger partial charge in [0.25, 0.3) is 11.8 Å². The van der Waals surface area contributed by atoms with E-state index in [1.54, 1.807) is 50.4 Å². The number of benzene rings is 2. The van der Waals surface area contributed by atoms with Gasteiger partial charge in [0, 0.05) is 26.2 Å². The van der Waals surface area contributed by atoms with Gasteiger partial charge in [-0.05, 0) is 42.7 Å². The SMILES string of the molecule is CNC(=O)c1ccccc1Nc1nc(Nc2cc3c(cc2OC)C(=O)N(C)CCC3)ncc1Cl. The molecular formula is C24H25ClN6O3. The molecule has 2 heterocycles. The molecule has 0 spiro atoms. The molecule has 3 N–H and O–H groups in total. The summed E-state index contributed by atoms with van der Waals surface area (Å²) in [6.07, 6.45) is 3.11. The summed E-state index contributed by atoms with van der Waals surface area (Å²) in [4.78, 5) is 35.4. The van der Waals surface area contributed by atoms with Crippen LogP contribution in [0.2, 0.25) is 5.02 Å². The van der Waals surface area contributed by atoms with Gasteiger partial charge in [0.05, 0.1) is 30.2 Å². The average Bonchev–Trinajstić information content (AvgIpc) is 2.98. The lowest BCUT2D eigenvalue weighted by atomic mass is 10.0. The number of methoxy groups -OCH3 is 1. The summed E-state index contributed by atoms with van der Waals surface area (Å²) < 4.78 is 5.54. The monoisotopic (exact) mass is 480 g/mol. The summed E-state index contributed by atoms with van der Waals surface area (Å²) in [6.45, 7) is 0.700. The van der Waals surface area contributed by atoms with Crippen LogP contribution in [-0.4, -0.2) is 54.4 Å². The highest BCUT2D eigenvalue weighted by molar-refractivity contribution is 6.33. The van der Waals surface area contributed by atoms with Crippen LogP contribution >= 0.6 is 11.6 Å². The van der Waals surface area contributed by atoms with Gasteiger partial charge in [0.2, 0.25) is 5.95 Å². The second kappa shape index (κ2) is 9.96. The van der Waals surface area contributed by atoms with Crippen molar-refractivity contribution in [3.63, 3.8) is 0 Å². The fourth-order valence-corrected chi connectivity index (χ4v) is 3.94. The van der Waals surface area contributed by atoms with E-state index in [4.69, 9.17) is 16.3 Å². The Morgan fingerprint density at radius 3 is 2.74 bits per heavy atom. The Bertz CT molecular complexity index is 1250. The molecule has 0 bridgehead atoms. The maximum atomic E-state index is 12.7. The first-order valence-electron chi connectivity index (χ1n) is 10.7. The molecule has 4 rings (SSSR count). The number of hydrogen-bond acceptors (Lipinski definition) is 7. The molecule has 0 saturated carbocycles. The number of anilines is 4. The number of aromatic nitrogens is 2. The minimum absolute atomic E-state index is 0.0265. The van der Waals surface area contributed by atoms with E-state index in [-0.39, 0.29) is 17.8 Å². The lowest BCUT2D eigenvalue weighted by Crippen LogP contribution is -2.26. The van der Waals surface area contributed by atoms with Crippen molar-refractivity contribution in [1.82, 2.24) is 20.2 Å². The Morgan fingerprint density at radius 1 is 1.18 bits per heavy atom. The van der Waals surface area contributed by atoms with Gasteiger partial charge in [-0.3, -0.25) is 9.59 Å². The van der Waals surface area contributed by atoms with Crippen LogP contribution in [0, 0.1) is 0 Å². The Labute approximate surface area is 202 Å². The van der Waals surface area contributed by atoms with Crippen molar-refractivity contribution in [1.29, 1.82) is 0 Å². The molecule has 0 unspecified atom stereocenters. The van der Waals surface area contributed by atoms with Crippen molar-refractivity contribution in [2.24, 2.45) is 0 Å². The van der Waals surface area contributed by atoms with Crippen LogP contribution in [0.15, 0.2) is 42.6 Å². The van der Waals surface area contributed by atoms with Crippen LogP contribution in [0.25, 0.3) is 0 Å². The maximum Gasteiger partial charge on any atom is 0.254 e. The summed E-state index contributed by atoms with van der Waals surface area (Å²) in [5.41, 5.74) is 3.21. The van der Waals surface area contributed by atoms with Crippen molar-refractivity contribution in [3.8, 4) is 5.75 Å². The van der Waals surface area contributed by atoms with Gasteiger partial charge in [-0.1, -0.05) is 23.7 Å². The molecule has 0 saturated heterocycles. The Morgan fingerprint density at radius 2 is 1.97 bits per heavy atom. The average molecular weight is 481 g/mol. The predicted molar refractivity (Wildman–Crippen MR) is 132 cm³/mol. The third kappa shape index (κ3) is 4.74. The number of ether oxygens (including phenoxy) is 1. The van der Waals surface area contributed by atoms with Crippen LogP contribution in [0.1, 0.15) is 32.7 Å². The maximum absolute atomic E-state index is 12.7. The Hall–Kier alpha value is -3.85. The third-order valence-corrected chi connectivity index (χ3v) is 5.86. The Kier molecular flexibility index (Phi) is 6.83. The van der Waals surface area contributed by atoms with Crippen LogP contribution in [0.4, 0.5) is 23.1 Å². The number of halogens is 1. The standard InChI is InChI=1S/C24H25ClN6O3/c1-26-22(32)15-8-4-5-9-18(15)28-21-17(25)13-27-24(30-21)29-19-11-14-7-6-10-31(2)23(33)16(14)12-20(19)34-3/h4-5,8-9,11-13H,6-7,10H2,1-3H3,(H,26,32)(H2,27,28,29,30). The minimum atomic E-state index is -0.235. The fourth-order valence-electron chi connectivity index (χ4n) is 3.80. The number of rotatable bonds is 6. The molecule has 1 aliphatic heterocycles. The van der Waals surface area contributed by atoms with Gasteiger partial charge in [0.1, 0.15) is 10.8 Å². The molecule has 9 nitrogen and oxygen atoms in total. The van der Waals surface area contributed by atoms with E-state index < -0.39 is 0 Å². The molecule has 34 heavy (non-hydrogen) atoms. The number of fused-ring (bicyclic) bond motifs is 1. The second-order valence-corrected chi connectivity index (χ2v) is 8.21. The highest BCUT2D eigenvalue weighted by Gasteiger charge is 2.22. The molecule has 2 aromatic carbocycles. The molecule has 2 amide bonds. The first kappa shape index (κ1) is 23.3. The molecule has 0 fully saturated rings. The van der Waals surface area contributed by atoms with E-state index in [1.165, 1.54) is 6.20 Å². The topological polar surface area (TPSA) is 108 Å². The molecule has 0 radical (unpaired) electrons. The summed E-state index contributed by atoms with van der Waals surface area (Å²) in [5.74, 6) is 0.851. The number of hydrogen-bond donors (Lipinski definition) is 3. The largest absolute Gasteiger partial charge is 0.495 e. The van der Waals surface area contributed by atoms with Crippen molar-refractivity contribution in [3.05, 3.63) is 64.3 Å². The van der Waals surface area contributed by atoms with Crippen molar-refractivity contribution < 1.29 is 14.3 Å². The van der Waals surface area contributed by atoms with E-state index >= 15 is 0 Å². The van der Waals surface area contributed by atoms with Crippen molar-refractivity contribution >= 4 is 46.6 Å².